The summed E-state index contributed by atoms with van der Waals surface area (Å²) in [6.45, 7) is 0. The van der Waals surface area contributed by atoms with Crippen molar-refractivity contribution in [3.8, 4) is 23.0 Å². The van der Waals surface area contributed by atoms with E-state index in [-0.39, 0.29) is 56.7 Å². The van der Waals surface area contributed by atoms with E-state index in [1.54, 1.807) is 36.4 Å². The summed E-state index contributed by atoms with van der Waals surface area (Å²) in [7, 11) is -20.0. The molecule has 0 atom stereocenters. The molecular weight excluding hydrogens is 793 g/mol. The van der Waals surface area contributed by atoms with E-state index < -0.39 is 84.8 Å². The van der Waals surface area contributed by atoms with E-state index in [1.165, 1.54) is 24.3 Å². The third kappa shape index (κ3) is 12.0. The molecule has 0 bridgehead atoms. The first-order valence-electron chi connectivity index (χ1n) is 13.0. The molecule has 0 fully saturated rings. The number of rotatable bonds is 12. The van der Waals surface area contributed by atoms with Crippen LogP contribution in [0.25, 0.3) is 0 Å². The maximum atomic E-state index is 11.8. The zero-order valence-corrected chi connectivity index (χ0v) is 31.4. The van der Waals surface area contributed by atoms with Gasteiger partial charge in [-0.05, 0) is 36.4 Å². The summed E-state index contributed by atoms with van der Waals surface area (Å²) in [5.41, 5.74) is -2.28. The molecule has 0 spiro atoms. The van der Waals surface area contributed by atoms with Crippen molar-refractivity contribution >= 4 is 101 Å². The Morgan fingerprint density at radius 1 is 0.529 bits per heavy atom. The summed E-state index contributed by atoms with van der Waals surface area (Å²) in [4.78, 5) is 20.3. The molecule has 0 radical (unpaired) electrons. The van der Waals surface area contributed by atoms with Gasteiger partial charge in [0.15, 0.2) is 32.1 Å². The van der Waals surface area contributed by atoms with E-state index in [0.29, 0.717) is 12.5 Å². The topological polar surface area (TPSA) is 294 Å². The molecular formula is C26H22CaN4O16S4. The van der Waals surface area contributed by atoms with E-state index in [4.69, 9.17) is 9.47 Å². The first-order chi connectivity index (χ1) is 23.0. The van der Waals surface area contributed by atoms with Gasteiger partial charge in [-0.3, -0.25) is 20.2 Å². The van der Waals surface area contributed by atoms with Crippen LogP contribution in [0.4, 0.5) is 22.7 Å². The Kier molecular flexibility index (Phi) is 14.3. The molecule has 0 saturated carbocycles. The van der Waals surface area contributed by atoms with Gasteiger partial charge in [0.25, 0.3) is 11.4 Å². The van der Waals surface area contributed by atoms with Gasteiger partial charge in [-0.25, -0.2) is 33.7 Å². The summed E-state index contributed by atoms with van der Waals surface area (Å²) in [6, 6.07) is 20.4. The van der Waals surface area contributed by atoms with Crippen LogP contribution in [0.2, 0.25) is 0 Å². The predicted molar refractivity (Wildman–Crippen MR) is 179 cm³/mol. The van der Waals surface area contributed by atoms with E-state index in [1.807, 2.05) is 0 Å². The minimum Gasteiger partial charge on any atom is -0.730 e. The van der Waals surface area contributed by atoms with Crippen molar-refractivity contribution in [2.24, 2.45) is 0 Å². The minimum atomic E-state index is -5.48. The van der Waals surface area contributed by atoms with Crippen LogP contribution in [-0.2, 0) is 40.7 Å². The summed E-state index contributed by atoms with van der Waals surface area (Å²) in [6.07, 6.45) is 1.02. The zero-order chi connectivity index (χ0) is 37.7. The van der Waals surface area contributed by atoms with Crippen LogP contribution in [0.1, 0.15) is 0 Å². The number of ether oxygens (including phenoxy) is 2. The van der Waals surface area contributed by atoms with Crippen molar-refractivity contribution < 1.29 is 62.1 Å². The van der Waals surface area contributed by atoms with E-state index in [0.717, 1.165) is 36.4 Å². The number of non-ortho nitro benzene ring substituents is 2. The number of para-hydroxylation sites is 2. The Hall–Kier alpha value is -4.14. The molecule has 0 heterocycles. The van der Waals surface area contributed by atoms with Crippen molar-refractivity contribution in [1.82, 2.24) is 0 Å². The van der Waals surface area contributed by atoms with Crippen LogP contribution in [0.15, 0.2) is 97.1 Å². The van der Waals surface area contributed by atoms with Crippen molar-refractivity contribution in [3.05, 3.63) is 117 Å². The van der Waals surface area contributed by atoms with Crippen LogP contribution >= 0.6 is 0 Å². The first kappa shape index (κ1) is 43.0. The molecule has 0 amide bonds. The standard InChI is InChI=1S/2C13H12N2O8S2.Ca/c2*1-24(18,19)15(25(20,21)22)12-8-7-10(14(16)17)9-13(12)23-11-5-3-2-4-6-11;/h2*2-9H,1H3,(H,20,21,22);/q;;+2/p-2. The van der Waals surface area contributed by atoms with Gasteiger partial charge in [0.2, 0.25) is 20.0 Å². The fourth-order valence-electron chi connectivity index (χ4n) is 3.86. The maximum Gasteiger partial charge on any atom is 2.00 e. The molecule has 25 heteroatoms. The first-order valence-corrected chi connectivity index (χ1v) is 19.4. The van der Waals surface area contributed by atoms with E-state index in [9.17, 15) is 63.0 Å². The fraction of sp³-hybridized carbons (Fsp3) is 0.0769. The van der Waals surface area contributed by atoms with Crippen LogP contribution < -0.4 is 16.9 Å². The second-order valence-electron chi connectivity index (χ2n) is 9.48. The SMILES string of the molecule is CS(=O)(=O)N(c1ccc([N+](=O)[O-])cc1Oc1ccccc1)S(=O)(=O)[O-].CS(=O)(=O)N(c1ccc([N+](=O)[O-])cc1Oc1ccccc1)S(=O)(=O)[O-].[Ca+2]. The van der Waals surface area contributed by atoms with E-state index in [2.05, 4.69) is 0 Å². The minimum absolute atomic E-state index is 0. The Bertz CT molecular complexity index is 2120. The number of nitro benzene ring substituents is 2. The van der Waals surface area contributed by atoms with E-state index >= 15 is 0 Å². The van der Waals surface area contributed by atoms with Gasteiger partial charge in [0, 0.05) is 12.1 Å². The van der Waals surface area contributed by atoms with Gasteiger partial charge in [-0.1, -0.05) is 36.4 Å². The molecule has 4 aromatic carbocycles. The van der Waals surface area contributed by atoms with Crippen molar-refractivity contribution in [2.45, 2.75) is 0 Å². The maximum absolute atomic E-state index is 11.8. The average Bonchev–Trinajstić information content (AvgIpc) is 2.97. The molecule has 51 heavy (non-hydrogen) atoms. The number of anilines is 2. The van der Waals surface area contributed by atoms with Crippen LogP contribution in [-0.4, -0.2) is 103 Å². The number of hydrogen-bond acceptors (Lipinski definition) is 16. The van der Waals surface area contributed by atoms with Gasteiger partial charge in [0.1, 0.15) is 22.9 Å². The number of nitrogens with zero attached hydrogens (tertiary/aromatic N) is 4. The van der Waals surface area contributed by atoms with Crippen molar-refractivity contribution in [2.75, 3.05) is 19.9 Å². The van der Waals surface area contributed by atoms with Crippen LogP contribution in [0.3, 0.4) is 0 Å². The third-order valence-corrected chi connectivity index (χ3v) is 11.2. The number of sulfonamides is 2. The molecule has 0 aliphatic rings. The zero-order valence-electron chi connectivity index (χ0n) is 25.9. The molecule has 0 aromatic heterocycles. The van der Waals surface area contributed by atoms with Crippen molar-refractivity contribution in [3.63, 3.8) is 0 Å². The largest absolute Gasteiger partial charge is 2.00 e. The summed E-state index contributed by atoms with van der Waals surface area (Å²) < 4.78 is 125. The predicted octanol–water partition coefficient (Wildman–Crippen LogP) is 2.85. The second-order valence-corrected chi connectivity index (χ2v) is 16.1. The fourth-order valence-corrected chi connectivity index (χ4v) is 8.31. The Balaban J connectivity index is 0.000000347. The Morgan fingerprint density at radius 2 is 0.824 bits per heavy atom. The van der Waals surface area contributed by atoms with Crippen LogP contribution in [0, 0.1) is 20.2 Å². The molecule has 4 aromatic rings. The third-order valence-electron chi connectivity index (χ3n) is 5.65. The van der Waals surface area contributed by atoms with Crippen LogP contribution in [0.5, 0.6) is 23.0 Å². The smallest absolute Gasteiger partial charge is 0.730 e. The molecule has 0 aliphatic carbocycles. The molecule has 0 saturated heterocycles. The molecule has 20 nitrogen and oxygen atoms in total. The normalized spacial score (nSPS) is 11.5. The average molecular weight is 815 g/mol. The second kappa shape index (κ2) is 16.9. The summed E-state index contributed by atoms with van der Waals surface area (Å²) >= 11 is 0. The summed E-state index contributed by atoms with van der Waals surface area (Å²) in [5, 5.41) is 21.8. The monoisotopic (exact) mass is 814 g/mol. The number of hydrogen-bond donors (Lipinski definition) is 0. The van der Waals surface area contributed by atoms with Gasteiger partial charge >= 0.3 is 37.7 Å². The quantitative estimate of drug-likeness (QED) is 0.0859. The van der Waals surface area contributed by atoms with Gasteiger partial charge in [-0.2, -0.15) is 7.42 Å². The molecule has 0 unspecified atom stereocenters. The molecule has 4 rings (SSSR count). The van der Waals surface area contributed by atoms with Crippen molar-refractivity contribution in [1.29, 1.82) is 0 Å². The Morgan fingerprint density at radius 3 is 1.06 bits per heavy atom. The van der Waals surface area contributed by atoms with Gasteiger partial charge in [-0.15, -0.1) is 0 Å². The molecule has 0 N–H and O–H groups in total. The Labute approximate surface area is 321 Å². The summed E-state index contributed by atoms with van der Waals surface area (Å²) in [5.74, 6) is -0.655. The number of nitro groups is 2. The number of benzene rings is 4. The molecule has 0 aliphatic heterocycles. The van der Waals surface area contributed by atoms with Gasteiger partial charge < -0.3 is 18.6 Å². The van der Waals surface area contributed by atoms with Gasteiger partial charge in [0.05, 0.1) is 34.5 Å². The molecule has 268 valence electrons.